The van der Waals surface area contributed by atoms with Crippen molar-refractivity contribution in [1.29, 1.82) is 0 Å². The van der Waals surface area contributed by atoms with Crippen molar-refractivity contribution in [2.45, 2.75) is 32.2 Å². The third-order valence-corrected chi connectivity index (χ3v) is 6.30. The standard InChI is InChI=1S/C26H22FN7O3/c1-14-10-11-34-26(37-14)19(21(33-34)16-12-28-29-13-16)24(35)32-23-25(36)31-22-17(8-5-9-18(22)27)20(30-23)15-6-3-2-4-7-15/h2-9,12-14,23H,10-11H2,1H3,(H,28,29)(H,31,36)(H,32,35)/t14?,23-/m1/s1. The summed E-state index contributed by atoms with van der Waals surface area (Å²) in [7, 11) is 0. The highest BCUT2D eigenvalue weighted by molar-refractivity contribution is 6.20. The lowest BCUT2D eigenvalue weighted by Crippen LogP contribution is -2.42. The van der Waals surface area contributed by atoms with E-state index in [9.17, 15) is 14.0 Å². The summed E-state index contributed by atoms with van der Waals surface area (Å²) in [6.07, 6.45) is 2.45. The Morgan fingerprint density at radius 1 is 1.16 bits per heavy atom. The van der Waals surface area contributed by atoms with Crippen molar-refractivity contribution >= 4 is 23.2 Å². The number of aromatic nitrogens is 4. The molecule has 2 aromatic heterocycles. The molecule has 4 aromatic rings. The molecule has 37 heavy (non-hydrogen) atoms. The molecule has 3 N–H and O–H groups in total. The molecule has 0 saturated carbocycles. The number of carbonyl (C=O) groups is 2. The van der Waals surface area contributed by atoms with Crippen LogP contribution in [0, 0.1) is 5.82 Å². The fourth-order valence-corrected chi connectivity index (χ4v) is 4.48. The van der Waals surface area contributed by atoms with Gasteiger partial charge in [-0.05, 0) is 13.0 Å². The van der Waals surface area contributed by atoms with E-state index in [1.165, 1.54) is 6.07 Å². The highest BCUT2D eigenvalue weighted by Gasteiger charge is 2.34. The molecule has 0 fully saturated rings. The Hall–Kier alpha value is -4.80. The molecule has 1 unspecified atom stereocenters. The van der Waals surface area contributed by atoms with Crippen LogP contribution in [0.25, 0.3) is 11.3 Å². The Morgan fingerprint density at radius 2 is 2.00 bits per heavy atom. The highest BCUT2D eigenvalue weighted by atomic mass is 19.1. The first-order valence-electron chi connectivity index (χ1n) is 11.8. The molecule has 0 saturated heterocycles. The van der Waals surface area contributed by atoms with E-state index in [1.54, 1.807) is 29.2 Å². The molecule has 6 rings (SSSR count). The molecule has 0 aliphatic carbocycles. The summed E-state index contributed by atoms with van der Waals surface area (Å²) < 4.78 is 22.4. The van der Waals surface area contributed by atoms with Crippen molar-refractivity contribution < 1.29 is 18.7 Å². The molecule has 0 radical (unpaired) electrons. The second-order valence-electron chi connectivity index (χ2n) is 8.83. The number of benzene rings is 2. The number of aryl methyl sites for hydroxylation is 1. The molecular formula is C26H22FN7O3. The van der Waals surface area contributed by atoms with E-state index in [0.717, 1.165) is 6.42 Å². The number of anilines is 1. The number of amides is 2. The van der Waals surface area contributed by atoms with Gasteiger partial charge in [-0.3, -0.25) is 14.7 Å². The van der Waals surface area contributed by atoms with Gasteiger partial charge in [0, 0.05) is 35.9 Å². The maximum absolute atomic E-state index is 14.8. The first-order chi connectivity index (χ1) is 18.0. The van der Waals surface area contributed by atoms with Crippen molar-refractivity contribution in [3.63, 3.8) is 0 Å². The van der Waals surface area contributed by atoms with Crippen LogP contribution in [0.4, 0.5) is 10.1 Å². The normalized spacial score (nSPS) is 18.5. The maximum atomic E-state index is 14.8. The Labute approximate surface area is 210 Å². The number of aliphatic imine (C=N–C) groups is 1. The van der Waals surface area contributed by atoms with E-state index in [4.69, 9.17) is 4.74 Å². The number of fused-ring (bicyclic) bond motifs is 2. The van der Waals surface area contributed by atoms with Gasteiger partial charge in [0.15, 0.2) is 0 Å². The number of nitrogens with one attached hydrogen (secondary N) is 3. The molecule has 2 aromatic carbocycles. The highest BCUT2D eigenvalue weighted by Crippen LogP contribution is 2.34. The molecule has 4 heterocycles. The van der Waals surface area contributed by atoms with Crippen molar-refractivity contribution in [3.05, 3.63) is 83.4 Å². The van der Waals surface area contributed by atoms with E-state index in [0.29, 0.717) is 40.5 Å². The molecule has 186 valence electrons. The Kier molecular flexibility index (Phi) is 5.52. The van der Waals surface area contributed by atoms with Crippen LogP contribution in [0.3, 0.4) is 0 Å². The first-order valence-corrected chi connectivity index (χ1v) is 11.8. The molecule has 2 aliphatic heterocycles. The summed E-state index contributed by atoms with van der Waals surface area (Å²) in [5.41, 5.74) is 2.59. The summed E-state index contributed by atoms with van der Waals surface area (Å²) >= 11 is 0. The monoisotopic (exact) mass is 499 g/mol. The number of H-pyrrole nitrogens is 1. The number of benzodiazepines with no additional fused rings is 1. The summed E-state index contributed by atoms with van der Waals surface area (Å²) in [5.74, 6) is -1.57. The lowest BCUT2D eigenvalue weighted by atomic mass is 10.0. The molecule has 0 spiro atoms. The Bertz CT molecular complexity index is 1530. The summed E-state index contributed by atoms with van der Waals surface area (Å²) in [6.45, 7) is 2.49. The van der Waals surface area contributed by atoms with E-state index in [-0.39, 0.29) is 17.4 Å². The average Bonchev–Trinajstić information content (AvgIpc) is 3.53. The van der Waals surface area contributed by atoms with Gasteiger partial charge >= 0.3 is 0 Å². The maximum Gasteiger partial charge on any atom is 0.269 e. The number of carbonyl (C=O) groups excluding carboxylic acids is 2. The van der Waals surface area contributed by atoms with Crippen LogP contribution < -0.4 is 15.4 Å². The zero-order chi connectivity index (χ0) is 25.5. The minimum atomic E-state index is -1.34. The SMILES string of the molecule is CC1CCn2nc(-c3cn[nH]c3)c(C(=O)N[C@H]3N=C(c4ccccc4)c4cccc(F)c4NC3=O)c2O1. The van der Waals surface area contributed by atoms with Gasteiger partial charge in [-0.25, -0.2) is 14.1 Å². The molecule has 0 bridgehead atoms. The predicted octanol–water partition coefficient (Wildman–Crippen LogP) is 3.13. The van der Waals surface area contributed by atoms with Crippen molar-refractivity contribution in [1.82, 2.24) is 25.3 Å². The molecular weight excluding hydrogens is 477 g/mol. The third-order valence-electron chi connectivity index (χ3n) is 6.30. The lowest BCUT2D eigenvalue weighted by molar-refractivity contribution is -0.117. The number of rotatable bonds is 4. The van der Waals surface area contributed by atoms with Crippen LogP contribution in [0.5, 0.6) is 5.88 Å². The second-order valence-corrected chi connectivity index (χ2v) is 8.83. The molecule has 2 atom stereocenters. The van der Waals surface area contributed by atoms with Crippen LogP contribution >= 0.6 is 0 Å². The molecule has 2 aliphatic rings. The average molecular weight is 500 g/mol. The van der Waals surface area contributed by atoms with E-state index in [1.807, 2.05) is 37.3 Å². The fraction of sp³-hybridized carbons (Fsp3) is 0.192. The van der Waals surface area contributed by atoms with Gasteiger partial charge in [-0.2, -0.15) is 10.2 Å². The topological polar surface area (TPSA) is 126 Å². The Morgan fingerprint density at radius 3 is 2.78 bits per heavy atom. The summed E-state index contributed by atoms with van der Waals surface area (Å²) in [6, 6.07) is 13.6. The largest absolute Gasteiger partial charge is 0.474 e. The zero-order valence-corrected chi connectivity index (χ0v) is 19.7. The van der Waals surface area contributed by atoms with Gasteiger partial charge in [0.1, 0.15) is 17.1 Å². The number of halogens is 1. The molecule has 10 nitrogen and oxygen atoms in total. The van der Waals surface area contributed by atoms with Gasteiger partial charge in [0.05, 0.1) is 23.7 Å². The van der Waals surface area contributed by atoms with Crippen LogP contribution in [0.2, 0.25) is 0 Å². The van der Waals surface area contributed by atoms with Crippen molar-refractivity contribution in [3.8, 4) is 17.1 Å². The minimum Gasteiger partial charge on any atom is -0.474 e. The van der Waals surface area contributed by atoms with Gasteiger partial charge in [0.2, 0.25) is 12.0 Å². The third kappa shape index (κ3) is 4.03. The van der Waals surface area contributed by atoms with Gasteiger partial charge in [-0.1, -0.05) is 42.5 Å². The lowest BCUT2D eigenvalue weighted by Gasteiger charge is -2.22. The van der Waals surface area contributed by atoms with E-state index in [2.05, 4.69) is 30.9 Å². The van der Waals surface area contributed by atoms with E-state index < -0.39 is 23.8 Å². The Balaban J connectivity index is 1.42. The zero-order valence-electron chi connectivity index (χ0n) is 19.7. The van der Waals surface area contributed by atoms with Gasteiger partial charge in [-0.15, -0.1) is 0 Å². The first kappa shape index (κ1) is 22.7. The van der Waals surface area contributed by atoms with Crippen LogP contribution in [-0.4, -0.2) is 49.8 Å². The summed E-state index contributed by atoms with van der Waals surface area (Å²) in [4.78, 5) is 31.5. The number of hydrogen-bond acceptors (Lipinski definition) is 6. The number of ether oxygens (including phenoxy) is 1. The van der Waals surface area contributed by atoms with Crippen LogP contribution in [-0.2, 0) is 11.3 Å². The molecule has 2 amide bonds. The molecule has 11 heteroatoms. The predicted molar refractivity (Wildman–Crippen MR) is 133 cm³/mol. The number of aromatic amines is 1. The van der Waals surface area contributed by atoms with E-state index >= 15 is 0 Å². The van der Waals surface area contributed by atoms with Crippen molar-refractivity contribution in [2.24, 2.45) is 4.99 Å². The fourth-order valence-electron chi connectivity index (χ4n) is 4.48. The second kappa shape index (κ2) is 9.01. The van der Waals surface area contributed by atoms with Gasteiger partial charge in [0.25, 0.3) is 11.8 Å². The van der Waals surface area contributed by atoms with Crippen LogP contribution in [0.1, 0.15) is 34.8 Å². The minimum absolute atomic E-state index is 0.00556. The number of para-hydroxylation sites is 1. The van der Waals surface area contributed by atoms with Gasteiger partial charge < -0.3 is 15.4 Å². The number of nitrogens with zero attached hydrogens (tertiary/aromatic N) is 4. The smallest absolute Gasteiger partial charge is 0.269 e. The van der Waals surface area contributed by atoms with Crippen molar-refractivity contribution in [2.75, 3.05) is 5.32 Å². The number of hydrogen-bond donors (Lipinski definition) is 3. The summed E-state index contributed by atoms with van der Waals surface area (Å²) in [5, 5.41) is 16.6. The quantitative estimate of drug-likeness (QED) is 0.398. The van der Waals surface area contributed by atoms with Crippen LogP contribution in [0.15, 0.2) is 65.9 Å².